The molecule has 1 N–H and O–H groups in total. The summed E-state index contributed by atoms with van der Waals surface area (Å²) in [5.41, 5.74) is 1.10. The molecule has 9 nitrogen and oxygen atoms in total. The van der Waals surface area contributed by atoms with Crippen LogP contribution in [-0.4, -0.2) is 54.8 Å². The first-order chi connectivity index (χ1) is 15.9. The van der Waals surface area contributed by atoms with Gasteiger partial charge in [-0.05, 0) is 54.6 Å². The lowest BCUT2D eigenvalue weighted by Crippen LogP contribution is -2.36. The van der Waals surface area contributed by atoms with Crippen molar-refractivity contribution in [2.24, 2.45) is 0 Å². The number of benzene rings is 2. The highest BCUT2D eigenvalue weighted by Gasteiger charge is 2.36. The average molecular weight is 471 g/mol. The Hall–Kier alpha value is -3.79. The summed E-state index contributed by atoms with van der Waals surface area (Å²) in [6.07, 6.45) is 1.55. The third-order valence-corrected chi connectivity index (χ3v) is 5.30. The summed E-state index contributed by atoms with van der Waals surface area (Å²) in [6, 6.07) is 13.5. The Morgan fingerprint density at radius 2 is 1.82 bits per heavy atom. The Morgan fingerprint density at radius 3 is 2.52 bits per heavy atom. The van der Waals surface area contributed by atoms with E-state index in [-0.39, 0.29) is 18.1 Å². The maximum Gasteiger partial charge on any atom is 0.344 e. The molecule has 2 aromatic rings. The fraction of sp³-hybridized carbons (Fsp3) is 0.217. The van der Waals surface area contributed by atoms with Crippen molar-refractivity contribution >= 4 is 46.5 Å². The topological polar surface area (TPSA) is 111 Å². The van der Waals surface area contributed by atoms with Crippen LogP contribution in [0.25, 0.3) is 6.08 Å². The van der Waals surface area contributed by atoms with Gasteiger partial charge in [0.1, 0.15) is 18.0 Å². The molecular formula is C23H22N2O7S. The van der Waals surface area contributed by atoms with E-state index in [1.54, 1.807) is 61.5 Å². The van der Waals surface area contributed by atoms with Crippen LogP contribution < -0.4 is 14.8 Å². The van der Waals surface area contributed by atoms with Gasteiger partial charge in [0.25, 0.3) is 11.1 Å². The molecular weight excluding hydrogens is 448 g/mol. The third-order valence-electron chi connectivity index (χ3n) is 4.40. The number of rotatable bonds is 9. The summed E-state index contributed by atoms with van der Waals surface area (Å²) < 4.78 is 15.3. The maximum atomic E-state index is 12.7. The lowest BCUT2D eigenvalue weighted by atomic mass is 10.2. The molecule has 0 aliphatic carbocycles. The number of nitrogens with zero attached hydrogens (tertiary/aromatic N) is 1. The van der Waals surface area contributed by atoms with Crippen molar-refractivity contribution < 1.29 is 33.4 Å². The molecule has 1 aliphatic heterocycles. The molecule has 0 unspecified atom stereocenters. The van der Waals surface area contributed by atoms with Gasteiger partial charge in [0.2, 0.25) is 5.91 Å². The van der Waals surface area contributed by atoms with Crippen molar-refractivity contribution in [1.29, 1.82) is 0 Å². The lowest BCUT2D eigenvalue weighted by Gasteiger charge is -2.14. The number of amides is 3. The van der Waals surface area contributed by atoms with Gasteiger partial charge in [-0.15, -0.1) is 0 Å². The molecule has 0 radical (unpaired) electrons. The maximum absolute atomic E-state index is 12.7. The highest BCUT2D eigenvalue weighted by atomic mass is 32.2. The summed E-state index contributed by atoms with van der Waals surface area (Å²) in [5, 5.41) is 2.11. The first kappa shape index (κ1) is 23.9. The summed E-state index contributed by atoms with van der Waals surface area (Å²) in [7, 11) is 1.48. The molecule has 1 saturated heterocycles. The van der Waals surface area contributed by atoms with Crippen LogP contribution in [0.15, 0.2) is 53.4 Å². The molecule has 10 heteroatoms. The zero-order chi connectivity index (χ0) is 23.8. The summed E-state index contributed by atoms with van der Waals surface area (Å²) in [6.45, 7) is 1.36. The highest BCUT2D eigenvalue weighted by molar-refractivity contribution is 8.18. The van der Waals surface area contributed by atoms with E-state index in [0.29, 0.717) is 22.7 Å². The van der Waals surface area contributed by atoms with Crippen LogP contribution in [0, 0.1) is 0 Å². The van der Waals surface area contributed by atoms with Gasteiger partial charge >= 0.3 is 5.97 Å². The fourth-order valence-corrected chi connectivity index (χ4v) is 3.71. The number of para-hydroxylation sites is 2. The van der Waals surface area contributed by atoms with Crippen LogP contribution in [0.5, 0.6) is 11.5 Å². The summed E-state index contributed by atoms with van der Waals surface area (Å²) >= 11 is 0.758. The molecule has 2 aromatic carbocycles. The zero-order valence-corrected chi connectivity index (χ0v) is 18.8. The second-order valence-electron chi connectivity index (χ2n) is 6.68. The van der Waals surface area contributed by atoms with Crippen LogP contribution in [0.2, 0.25) is 0 Å². The fourth-order valence-electron chi connectivity index (χ4n) is 2.87. The number of nitrogens with one attached hydrogen (secondary N) is 1. The van der Waals surface area contributed by atoms with Crippen molar-refractivity contribution in [3.63, 3.8) is 0 Å². The van der Waals surface area contributed by atoms with E-state index in [1.807, 2.05) is 0 Å². The van der Waals surface area contributed by atoms with Gasteiger partial charge in [0.15, 0.2) is 6.61 Å². The van der Waals surface area contributed by atoms with E-state index in [0.717, 1.165) is 16.7 Å². The Bertz CT molecular complexity index is 1080. The molecule has 0 saturated carbocycles. The van der Waals surface area contributed by atoms with Crippen LogP contribution in [0.4, 0.5) is 10.5 Å². The predicted molar refractivity (Wildman–Crippen MR) is 123 cm³/mol. The number of hydrogen-bond acceptors (Lipinski definition) is 8. The first-order valence-electron chi connectivity index (χ1n) is 9.98. The van der Waals surface area contributed by atoms with Crippen molar-refractivity contribution in [3.05, 3.63) is 59.0 Å². The number of imide groups is 1. The minimum absolute atomic E-state index is 0.199. The van der Waals surface area contributed by atoms with E-state index in [1.165, 1.54) is 7.11 Å². The van der Waals surface area contributed by atoms with E-state index < -0.39 is 29.6 Å². The number of methoxy groups -OCH3 is 1. The van der Waals surface area contributed by atoms with Gasteiger partial charge in [0, 0.05) is 0 Å². The molecule has 0 aromatic heterocycles. The number of thioether (sulfide) groups is 1. The van der Waals surface area contributed by atoms with Crippen LogP contribution in [-0.2, 0) is 19.1 Å². The molecule has 33 heavy (non-hydrogen) atoms. The number of hydrogen-bond donors (Lipinski definition) is 1. The number of carbonyl (C=O) groups excluding carboxylic acids is 4. The van der Waals surface area contributed by atoms with E-state index >= 15 is 0 Å². The van der Waals surface area contributed by atoms with Gasteiger partial charge in [-0.2, -0.15) is 0 Å². The number of carbonyl (C=O) groups is 4. The van der Waals surface area contributed by atoms with E-state index in [2.05, 4.69) is 5.32 Å². The molecule has 3 rings (SSSR count). The molecule has 1 fully saturated rings. The normalized spacial score (nSPS) is 14.4. The van der Waals surface area contributed by atoms with Crippen LogP contribution in [0.3, 0.4) is 0 Å². The van der Waals surface area contributed by atoms with Crippen molar-refractivity contribution in [2.75, 3.05) is 32.2 Å². The van der Waals surface area contributed by atoms with Crippen molar-refractivity contribution in [3.8, 4) is 11.5 Å². The van der Waals surface area contributed by atoms with Gasteiger partial charge < -0.3 is 19.5 Å². The Morgan fingerprint density at radius 1 is 1.09 bits per heavy atom. The minimum Gasteiger partial charge on any atom is -0.495 e. The van der Waals surface area contributed by atoms with Crippen LogP contribution in [0.1, 0.15) is 12.5 Å². The predicted octanol–water partition coefficient (Wildman–Crippen LogP) is 3.31. The second kappa shape index (κ2) is 11.2. The number of anilines is 1. The molecule has 3 amide bonds. The Labute approximate surface area is 194 Å². The molecule has 1 heterocycles. The van der Waals surface area contributed by atoms with E-state index in [9.17, 15) is 19.2 Å². The monoisotopic (exact) mass is 470 g/mol. The highest BCUT2D eigenvalue weighted by Crippen LogP contribution is 2.32. The first-order valence-corrected chi connectivity index (χ1v) is 10.8. The third kappa shape index (κ3) is 6.36. The average Bonchev–Trinajstić information content (AvgIpc) is 3.06. The standard InChI is InChI=1S/C23H22N2O7S/c1-3-31-21(27)14-32-16-10-8-15(9-11-16)12-19-22(28)25(23(29)33-19)13-20(26)24-17-6-4-5-7-18(17)30-2/h4-12H,3,13-14H2,1-2H3,(H,24,26)/b19-12-. The number of ether oxygens (including phenoxy) is 3. The Balaban J connectivity index is 1.61. The second-order valence-corrected chi connectivity index (χ2v) is 7.67. The molecule has 1 aliphatic rings. The van der Waals surface area contributed by atoms with E-state index in [4.69, 9.17) is 14.2 Å². The van der Waals surface area contributed by atoms with Crippen molar-refractivity contribution in [1.82, 2.24) is 4.90 Å². The van der Waals surface area contributed by atoms with Gasteiger partial charge in [-0.3, -0.25) is 19.3 Å². The van der Waals surface area contributed by atoms with Crippen LogP contribution >= 0.6 is 11.8 Å². The van der Waals surface area contributed by atoms with Gasteiger partial charge in [0.05, 0.1) is 24.3 Å². The number of esters is 1. The SMILES string of the molecule is CCOC(=O)COc1ccc(/C=C2\SC(=O)N(CC(=O)Nc3ccccc3OC)C2=O)cc1. The molecule has 0 bridgehead atoms. The van der Waals surface area contributed by atoms with Crippen molar-refractivity contribution in [2.45, 2.75) is 6.92 Å². The summed E-state index contributed by atoms with van der Waals surface area (Å²) in [4.78, 5) is 49.8. The largest absolute Gasteiger partial charge is 0.495 e. The Kier molecular flexibility index (Phi) is 8.09. The lowest BCUT2D eigenvalue weighted by molar-refractivity contribution is -0.145. The summed E-state index contributed by atoms with van der Waals surface area (Å²) in [5.74, 6) is -0.616. The molecule has 0 spiro atoms. The molecule has 0 atom stereocenters. The smallest absolute Gasteiger partial charge is 0.344 e. The zero-order valence-electron chi connectivity index (χ0n) is 18.0. The van der Waals surface area contributed by atoms with Gasteiger partial charge in [-0.25, -0.2) is 4.79 Å². The minimum atomic E-state index is -0.553. The van der Waals surface area contributed by atoms with Gasteiger partial charge in [-0.1, -0.05) is 24.3 Å². The quantitative estimate of drug-likeness (QED) is 0.439. The molecule has 172 valence electrons.